The minimum absolute atomic E-state index is 0.443. The lowest BCUT2D eigenvalue weighted by Crippen LogP contribution is -2.01. The molecule has 3 heterocycles. The van der Waals surface area contributed by atoms with Crippen molar-refractivity contribution in [1.82, 2.24) is 19.2 Å². The summed E-state index contributed by atoms with van der Waals surface area (Å²) in [5, 5.41) is 5.98. The van der Waals surface area contributed by atoms with E-state index in [0.29, 0.717) is 5.15 Å². The van der Waals surface area contributed by atoms with Crippen LogP contribution in [0.4, 0.5) is 0 Å². The first kappa shape index (κ1) is 13.1. The van der Waals surface area contributed by atoms with E-state index in [4.69, 9.17) is 11.6 Å². The fourth-order valence-electron chi connectivity index (χ4n) is 2.77. The van der Waals surface area contributed by atoms with Crippen molar-refractivity contribution in [3.63, 3.8) is 0 Å². The number of hydrogen-bond acceptors (Lipinski definition) is 2. The molecule has 0 saturated heterocycles. The van der Waals surface area contributed by atoms with Crippen molar-refractivity contribution >= 4 is 28.2 Å². The van der Waals surface area contributed by atoms with Gasteiger partial charge in [-0.2, -0.15) is 5.10 Å². The molecule has 0 fully saturated rings. The van der Waals surface area contributed by atoms with Gasteiger partial charge in [0.05, 0.1) is 11.9 Å². The van der Waals surface area contributed by atoms with E-state index >= 15 is 0 Å². The second-order valence-corrected chi connectivity index (χ2v) is 5.44. The van der Waals surface area contributed by atoms with Gasteiger partial charge in [0, 0.05) is 17.4 Å². The zero-order valence-electron chi connectivity index (χ0n) is 11.8. The third-order valence-corrected chi connectivity index (χ3v) is 3.92. The molecular formula is C17H13ClN4. The van der Waals surface area contributed by atoms with Crippen LogP contribution in [0, 0.1) is 0 Å². The Morgan fingerprint density at radius 3 is 2.86 bits per heavy atom. The summed E-state index contributed by atoms with van der Waals surface area (Å²) in [5.74, 6) is 0. The molecule has 0 aliphatic rings. The second-order valence-electron chi connectivity index (χ2n) is 5.06. The molecule has 22 heavy (non-hydrogen) atoms. The second kappa shape index (κ2) is 5.00. The molecule has 0 atom stereocenters. The van der Waals surface area contributed by atoms with Crippen LogP contribution in [0.1, 0.15) is 0 Å². The van der Waals surface area contributed by atoms with E-state index in [9.17, 15) is 0 Å². The summed E-state index contributed by atoms with van der Waals surface area (Å²) in [4.78, 5) is 4.41. The number of aromatic nitrogens is 4. The lowest BCUT2D eigenvalue weighted by Gasteiger charge is -2.07. The van der Waals surface area contributed by atoms with Gasteiger partial charge < -0.3 is 4.57 Å². The normalized spacial score (nSPS) is 11.3. The molecule has 3 aromatic heterocycles. The largest absolute Gasteiger partial charge is 0.335 e. The van der Waals surface area contributed by atoms with Crippen LogP contribution in [0.15, 0.2) is 61.3 Å². The number of halogens is 1. The summed E-state index contributed by atoms with van der Waals surface area (Å²) in [5.41, 5.74) is 3.89. The third kappa shape index (κ3) is 1.92. The van der Waals surface area contributed by atoms with Crippen LogP contribution in [-0.2, 0) is 6.54 Å². The summed E-state index contributed by atoms with van der Waals surface area (Å²) >= 11 is 6.03. The van der Waals surface area contributed by atoms with Gasteiger partial charge in [0.15, 0.2) is 5.65 Å². The van der Waals surface area contributed by atoms with Crippen molar-refractivity contribution in [1.29, 1.82) is 0 Å². The minimum atomic E-state index is 0.443. The molecule has 0 bridgehead atoms. The zero-order valence-corrected chi connectivity index (χ0v) is 12.5. The van der Waals surface area contributed by atoms with Gasteiger partial charge in [-0.1, -0.05) is 35.9 Å². The number of hydrogen-bond donors (Lipinski definition) is 0. The molecule has 4 rings (SSSR count). The van der Waals surface area contributed by atoms with Crippen molar-refractivity contribution in [3.8, 4) is 11.4 Å². The van der Waals surface area contributed by atoms with Crippen LogP contribution in [0.25, 0.3) is 27.9 Å². The summed E-state index contributed by atoms with van der Waals surface area (Å²) in [6.07, 6.45) is 3.71. The van der Waals surface area contributed by atoms with Crippen molar-refractivity contribution in [2.24, 2.45) is 0 Å². The zero-order chi connectivity index (χ0) is 15.1. The van der Waals surface area contributed by atoms with Gasteiger partial charge in [-0.25, -0.2) is 9.50 Å². The molecule has 0 spiro atoms. The van der Waals surface area contributed by atoms with Crippen molar-refractivity contribution in [2.75, 3.05) is 0 Å². The smallest absolute Gasteiger partial charge is 0.154 e. The van der Waals surface area contributed by atoms with E-state index in [1.54, 1.807) is 10.6 Å². The lowest BCUT2D eigenvalue weighted by atomic mass is 10.2. The molecule has 4 nitrogen and oxygen atoms in total. The van der Waals surface area contributed by atoms with Crippen LogP contribution >= 0.6 is 11.6 Å². The monoisotopic (exact) mass is 308 g/mol. The van der Waals surface area contributed by atoms with Crippen LogP contribution in [0.5, 0.6) is 0 Å². The maximum atomic E-state index is 6.03. The Morgan fingerprint density at radius 1 is 1.14 bits per heavy atom. The van der Waals surface area contributed by atoms with Crippen molar-refractivity contribution in [3.05, 3.63) is 66.5 Å². The highest BCUT2D eigenvalue weighted by atomic mass is 35.5. The van der Waals surface area contributed by atoms with Gasteiger partial charge in [0.25, 0.3) is 0 Å². The minimum Gasteiger partial charge on any atom is -0.335 e. The Balaban J connectivity index is 2.05. The van der Waals surface area contributed by atoms with Gasteiger partial charge >= 0.3 is 0 Å². The fraction of sp³-hybridized carbons (Fsp3) is 0.0588. The standard InChI is InChI=1S/C17H13ClN4/c1-2-9-21-13-6-4-3-5-12(13)10-14(21)15-11-19-17-8-7-16(18)20-22(15)17/h2-8,10-11H,1,9H2. The quantitative estimate of drug-likeness (QED) is 0.532. The first-order valence-corrected chi connectivity index (χ1v) is 7.35. The Morgan fingerprint density at radius 2 is 2.00 bits per heavy atom. The van der Waals surface area contributed by atoms with Crippen molar-refractivity contribution in [2.45, 2.75) is 6.54 Å². The maximum absolute atomic E-state index is 6.03. The average Bonchev–Trinajstić information content (AvgIpc) is 3.09. The first-order chi connectivity index (χ1) is 10.8. The number of allylic oxidation sites excluding steroid dienone is 1. The molecule has 0 aliphatic carbocycles. The van der Waals surface area contributed by atoms with Gasteiger partial charge in [-0.05, 0) is 24.3 Å². The number of para-hydroxylation sites is 1. The Kier molecular flexibility index (Phi) is 2.98. The third-order valence-electron chi connectivity index (χ3n) is 3.71. The maximum Gasteiger partial charge on any atom is 0.154 e. The molecule has 0 radical (unpaired) electrons. The predicted octanol–water partition coefficient (Wildman–Crippen LogP) is 4.19. The number of benzene rings is 1. The van der Waals surface area contributed by atoms with Crippen LogP contribution < -0.4 is 0 Å². The number of rotatable bonds is 3. The highest BCUT2D eigenvalue weighted by Gasteiger charge is 2.14. The van der Waals surface area contributed by atoms with E-state index in [0.717, 1.165) is 29.1 Å². The number of nitrogens with zero attached hydrogens (tertiary/aromatic N) is 4. The summed E-state index contributed by atoms with van der Waals surface area (Å²) < 4.78 is 3.98. The van der Waals surface area contributed by atoms with Gasteiger partial charge in [0.1, 0.15) is 10.8 Å². The van der Waals surface area contributed by atoms with E-state index in [1.807, 2.05) is 30.5 Å². The molecule has 4 aromatic rings. The summed E-state index contributed by atoms with van der Waals surface area (Å²) in [6, 6.07) is 14.0. The molecule has 0 amide bonds. The average molecular weight is 309 g/mol. The summed E-state index contributed by atoms with van der Waals surface area (Å²) in [6.45, 7) is 4.58. The van der Waals surface area contributed by atoms with Crippen LogP contribution in [0.3, 0.4) is 0 Å². The fourth-order valence-corrected chi connectivity index (χ4v) is 2.91. The van der Waals surface area contributed by atoms with Crippen LogP contribution in [-0.4, -0.2) is 19.2 Å². The molecule has 0 N–H and O–H groups in total. The molecular weight excluding hydrogens is 296 g/mol. The number of imidazole rings is 1. The molecule has 0 unspecified atom stereocenters. The van der Waals surface area contributed by atoms with E-state index in [-0.39, 0.29) is 0 Å². The lowest BCUT2D eigenvalue weighted by molar-refractivity contribution is 0.855. The van der Waals surface area contributed by atoms with Crippen molar-refractivity contribution < 1.29 is 0 Å². The van der Waals surface area contributed by atoms with Gasteiger partial charge in [-0.3, -0.25) is 0 Å². The van der Waals surface area contributed by atoms with Crippen LogP contribution in [0.2, 0.25) is 5.15 Å². The first-order valence-electron chi connectivity index (χ1n) is 6.98. The van der Waals surface area contributed by atoms with E-state index in [1.165, 1.54) is 5.39 Å². The SMILES string of the molecule is C=CCn1c(-c2cnc3ccc(Cl)nn23)cc2ccccc21. The molecule has 108 valence electrons. The van der Waals surface area contributed by atoms with Gasteiger partial charge in [-0.15, -0.1) is 6.58 Å². The van der Waals surface area contributed by atoms with E-state index in [2.05, 4.69) is 39.4 Å². The Hall–Kier alpha value is -2.59. The Labute approximate surface area is 132 Å². The summed E-state index contributed by atoms with van der Waals surface area (Å²) in [7, 11) is 0. The molecule has 0 saturated carbocycles. The highest BCUT2D eigenvalue weighted by molar-refractivity contribution is 6.29. The molecule has 0 aliphatic heterocycles. The Bertz CT molecular complexity index is 996. The number of fused-ring (bicyclic) bond motifs is 2. The molecule has 1 aromatic carbocycles. The molecule has 5 heteroatoms. The predicted molar refractivity (Wildman–Crippen MR) is 89.1 cm³/mol. The highest BCUT2D eigenvalue weighted by Crippen LogP contribution is 2.28. The van der Waals surface area contributed by atoms with Gasteiger partial charge in [0.2, 0.25) is 0 Å². The van der Waals surface area contributed by atoms with E-state index < -0.39 is 0 Å². The topological polar surface area (TPSA) is 35.1 Å².